The van der Waals surface area contributed by atoms with Crippen LogP contribution in [0, 0.1) is 10.8 Å². The molecule has 0 aromatic rings. The number of hydrogen-bond donors (Lipinski definition) is 2. The summed E-state index contributed by atoms with van der Waals surface area (Å²) >= 11 is 0. The third kappa shape index (κ3) is 36.5. The minimum absolute atomic E-state index is 0.458. The van der Waals surface area contributed by atoms with Crippen molar-refractivity contribution in [1.29, 1.82) is 10.8 Å². The van der Waals surface area contributed by atoms with E-state index in [9.17, 15) is 9.59 Å². The number of carbonyl (C=O) groups is 2. The molecule has 0 heterocycles. The lowest BCUT2D eigenvalue weighted by atomic mass is 10.3. The van der Waals surface area contributed by atoms with Crippen LogP contribution in [-0.2, 0) is 28.7 Å². The first-order chi connectivity index (χ1) is 11.4. The van der Waals surface area contributed by atoms with E-state index in [2.05, 4.69) is 27.0 Å². The van der Waals surface area contributed by atoms with E-state index in [0.717, 1.165) is 30.7 Å². The molecule has 0 unspecified atom stereocenters. The van der Waals surface area contributed by atoms with E-state index in [1.54, 1.807) is 0 Å². The highest BCUT2D eigenvalue weighted by atomic mass is 16.7. The Bertz CT molecular complexity index is 373. The molecule has 0 atom stereocenters. The SMILES string of the molecule is C=CC(=O)OC(CCC)OC(=O)C=C.CCCC.N=C=O.N=C=O. The summed E-state index contributed by atoms with van der Waals surface area (Å²) < 4.78 is 9.53. The quantitative estimate of drug-likeness (QED) is 0.240. The van der Waals surface area contributed by atoms with Gasteiger partial charge in [0.05, 0.1) is 0 Å². The van der Waals surface area contributed by atoms with E-state index in [-0.39, 0.29) is 0 Å². The zero-order valence-electron chi connectivity index (χ0n) is 14.4. The van der Waals surface area contributed by atoms with Crippen molar-refractivity contribution in [3.05, 3.63) is 25.3 Å². The summed E-state index contributed by atoms with van der Waals surface area (Å²) in [6.07, 6.45) is 6.52. The van der Waals surface area contributed by atoms with Crippen molar-refractivity contribution in [3.8, 4) is 0 Å². The molecule has 0 aromatic heterocycles. The van der Waals surface area contributed by atoms with Crippen LogP contribution in [-0.4, -0.2) is 30.4 Å². The Kier molecular flexibility index (Phi) is 34.5. The van der Waals surface area contributed by atoms with Crippen molar-refractivity contribution in [2.45, 2.75) is 52.7 Å². The first-order valence-electron chi connectivity index (χ1n) is 7.12. The van der Waals surface area contributed by atoms with Gasteiger partial charge in [-0.2, -0.15) is 0 Å². The number of nitrogens with one attached hydrogen (secondary N) is 2. The summed E-state index contributed by atoms with van der Waals surface area (Å²) in [6, 6.07) is 0. The Labute approximate surface area is 142 Å². The number of rotatable bonds is 7. The summed E-state index contributed by atoms with van der Waals surface area (Å²) in [5, 5.41) is 10.8. The monoisotopic (exact) mass is 342 g/mol. The third-order valence-corrected chi connectivity index (χ3v) is 1.85. The molecule has 0 rings (SSSR count). The summed E-state index contributed by atoms with van der Waals surface area (Å²) in [5.74, 6) is -1.22. The first-order valence-corrected chi connectivity index (χ1v) is 7.12. The molecule has 0 saturated carbocycles. The van der Waals surface area contributed by atoms with Crippen LogP contribution in [0.1, 0.15) is 46.5 Å². The summed E-state index contributed by atoms with van der Waals surface area (Å²) in [6.45, 7) is 12.7. The number of unbranched alkanes of at least 4 members (excludes halogenated alkanes) is 1. The highest BCUT2D eigenvalue weighted by Gasteiger charge is 2.14. The van der Waals surface area contributed by atoms with Gasteiger partial charge in [-0.3, -0.25) is 0 Å². The first kappa shape index (κ1) is 29.2. The van der Waals surface area contributed by atoms with E-state index >= 15 is 0 Å². The minimum atomic E-state index is -0.851. The van der Waals surface area contributed by atoms with Crippen molar-refractivity contribution in [3.63, 3.8) is 0 Å². The largest absolute Gasteiger partial charge is 0.422 e. The third-order valence-electron chi connectivity index (χ3n) is 1.85. The lowest BCUT2D eigenvalue weighted by Gasteiger charge is -2.15. The summed E-state index contributed by atoms with van der Waals surface area (Å²) in [7, 11) is 0. The summed E-state index contributed by atoms with van der Waals surface area (Å²) in [5.41, 5.74) is 0. The average molecular weight is 342 g/mol. The van der Waals surface area contributed by atoms with Gasteiger partial charge < -0.3 is 9.47 Å². The molecule has 0 saturated heterocycles. The Morgan fingerprint density at radius 2 is 1.21 bits per heavy atom. The molecule has 0 bridgehead atoms. The van der Waals surface area contributed by atoms with Crippen LogP contribution >= 0.6 is 0 Å². The van der Waals surface area contributed by atoms with Gasteiger partial charge in [-0.1, -0.05) is 46.8 Å². The minimum Gasteiger partial charge on any atom is -0.422 e. The van der Waals surface area contributed by atoms with Crippen LogP contribution in [0.2, 0.25) is 0 Å². The van der Waals surface area contributed by atoms with E-state index in [4.69, 9.17) is 29.9 Å². The van der Waals surface area contributed by atoms with Gasteiger partial charge in [-0.15, -0.1) is 0 Å². The van der Waals surface area contributed by atoms with E-state index in [1.807, 2.05) is 6.92 Å². The molecule has 0 fully saturated rings. The van der Waals surface area contributed by atoms with Crippen LogP contribution in [0.3, 0.4) is 0 Å². The number of esters is 2. The van der Waals surface area contributed by atoms with Gasteiger partial charge in [0.25, 0.3) is 0 Å². The van der Waals surface area contributed by atoms with Crippen molar-refractivity contribution in [2.24, 2.45) is 0 Å². The van der Waals surface area contributed by atoms with Gasteiger partial charge in [-0.05, 0) is 6.42 Å². The molecule has 8 heteroatoms. The molecule has 0 aromatic carbocycles. The topological polar surface area (TPSA) is 134 Å². The molecule has 0 aliphatic carbocycles. The maximum absolute atomic E-state index is 10.8. The molecular formula is C16H26N2O6. The van der Waals surface area contributed by atoms with Crippen LogP contribution in [0.15, 0.2) is 25.3 Å². The second kappa shape index (κ2) is 28.4. The zero-order valence-corrected chi connectivity index (χ0v) is 14.4. The van der Waals surface area contributed by atoms with E-state index in [0.29, 0.717) is 6.42 Å². The predicted molar refractivity (Wildman–Crippen MR) is 88.7 cm³/mol. The molecule has 0 radical (unpaired) electrons. The Morgan fingerprint density at radius 3 is 1.38 bits per heavy atom. The van der Waals surface area contributed by atoms with Crippen molar-refractivity contribution >= 4 is 24.1 Å². The lowest BCUT2D eigenvalue weighted by Crippen LogP contribution is -2.22. The van der Waals surface area contributed by atoms with Crippen LogP contribution < -0.4 is 0 Å². The number of carbonyl (C=O) groups excluding carboxylic acids is 4. The normalized spacial score (nSPS) is 7.33. The van der Waals surface area contributed by atoms with Gasteiger partial charge >= 0.3 is 11.9 Å². The van der Waals surface area contributed by atoms with Crippen molar-refractivity contribution < 1.29 is 28.7 Å². The smallest absolute Gasteiger partial charge is 0.333 e. The molecule has 136 valence electrons. The molecule has 0 amide bonds. The molecule has 24 heavy (non-hydrogen) atoms. The lowest BCUT2D eigenvalue weighted by molar-refractivity contribution is -0.181. The standard InChI is InChI=1S/C10H14O4.C4H10.2CHNO/c1-4-7-10(13-8(11)5-2)14-9(12)6-3;1-3-4-2;2*2-1-3/h5-6,10H,2-4,7H2,1H3;3-4H2,1-2H3;2*2H. The van der Waals surface area contributed by atoms with Gasteiger partial charge in [0.2, 0.25) is 18.4 Å². The van der Waals surface area contributed by atoms with Gasteiger partial charge in [-0.25, -0.2) is 30.0 Å². The molecule has 0 aliphatic rings. The number of ether oxygens (including phenoxy) is 2. The molecule has 0 aliphatic heterocycles. The molecule has 0 spiro atoms. The highest BCUT2D eigenvalue weighted by Crippen LogP contribution is 2.05. The number of isocyanates is 2. The highest BCUT2D eigenvalue weighted by molar-refractivity contribution is 5.82. The molecule has 2 N–H and O–H groups in total. The zero-order chi connectivity index (χ0) is 19.8. The Morgan fingerprint density at radius 1 is 0.917 bits per heavy atom. The van der Waals surface area contributed by atoms with Crippen LogP contribution in [0.4, 0.5) is 0 Å². The van der Waals surface area contributed by atoms with E-state index in [1.165, 1.54) is 12.8 Å². The second-order valence-corrected chi connectivity index (χ2v) is 3.70. The maximum atomic E-state index is 10.8. The average Bonchev–Trinajstić information content (AvgIpc) is 2.56. The van der Waals surface area contributed by atoms with Crippen molar-refractivity contribution in [1.82, 2.24) is 0 Å². The molecule has 8 nitrogen and oxygen atoms in total. The van der Waals surface area contributed by atoms with E-state index < -0.39 is 18.2 Å². The van der Waals surface area contributed by atoms with Gasteiger partial charge in [0, 0.05) is 18.6 Å². The molecular weight excluding hydrogens is 316 g/mol. The van der Waals surface area contributed by atoms with Gasteiger partial charge in [0.15, 0.2) is 0 Å². The maximum Gasteiger partial charge on any atom is 0.333 e. The fourth-order valence-electron chi connectivity index (χ4n) is 0.733. The number of hydrogen-bond acceptors (Lipinski definition) is 8. The summed E-state index contributed by atoms with van der Waals surface area (Å²) in [4.78, 5) is 38.3. The Hall–Kier alpha value is -2.82. The fraction of sp³-hybridized carbons (Fsp3) is 0.500. The van der Waals surface area contributed by atoms with Crippen molar-refractivity contribution in [2.75, 3.05) is 0 Å². The predicted octanol–water partition coefficient (Wildman–Crippen LogP) is 3.18. The fourth-order valence-corrected chi connectivity index (χ4v) is 0.733. The van der Waals surface area contributed by atoms with Crippen LogP contribution in [0.25, 0.3) is 0 Å². The van der Waals surface area contributed by atoms with Gasteiger partial charge in [0.1, 0.15) is 0 Å². The van der Waals surface area contributed by atoms with Crippen LogP contribution in [0.5, 0.6) is 0 Å². The Balaban J connectivity index is -0.000000164. The second-order valence-electron chi connectivity index (χ2n) is 3.70.